The summed E-state index contributed by atoms with van der Waals surface area (Å²) >= 11 is 1.76. The minimum absolute atomic E-state index is 0.243. The number of hydrogen-bond donors (Lipinski definition) is 0. The fraction of sp³-hybridized carbons (Fsp3) is 0.895. The van der Waals surface area contributed by atoms with Gasteiger partial charge in [0.25, 0.3) is 5.22 Å². The highest BCUT2D eigenvalue weighted by atomic mass is 32.2. The zero-order valence-corrected chi connectivity index (χ0v) is 15.4. The molecule has 4 nitrogen and oxygen atoms in total. The highest BCUT2D eigenvalue weighted by Crippen LogP contribution is 2.60. The number of nitrogens with zero attached hydrogens (tertiary/aromatic N) is 3. The van der Waals surface area contributed by atoms with Gasteiger partial charge in [0.05, 0.1) is 0 Å². The molecule has 4 bridgehead atoms. The predicted octanol–water partition coefficient (Wildman–Crippen LogP) is 4.12. The molecular weight excluding hydrogens is 318 g/mol. The number of aromatic nitrogens is 2. The van der Waals surface area contributed by atoms with Gasteiger partial charge in [0.1, 0.15) is 0 Å². The molecule has 24 heavy (non-hydrogen) atoms. The van der Waals surface area contributed by atoms with Crippen LogP contribution in [0.25, 0.3) is 0 Å². The van der Waals surface area contributed by atoms with E-state index >= 15 is 0 Å². The number of rotatable bonds is 5. The predicted molar refractivity (Wildman–Crippen MR) is 95.2 cm³/mol. The standard InChI is InChI=1S/C19H29N3OS/c1-2-4-22(5-3-1)6-7-24-18-21-20-17(23-18)19-11-14-8-15(12-19)10-16(9-14)13-19/h14-16H,1-13H2. The summed E-state index contributed by atoms with van der Waals surface area (Å²) in [6.45, 7) is 3.69. The molecular formula is C19H29N3OS. The molecule has 1 aromatic rings. The monoisotopic (exact) mass is 347 g/mol. The molecule has 1 aliphatic heterocycles. The Hall–Kier alpha value is -0.550. The molecule has 5 aliphatic rings. The first kappa shape index (κ1) is 15.7. The Labute approximate surface area is 149 Å². The Bertz CT molecular complexity index is 546. The van der Waals surface area contributed by atoms with Gasteiger partial charge in [0.2, 0.25) is 5.89 Å². The SMILES string of the molecule is C1CCN(CCSc2nnc(C34CC5CC(CC(C5)C3)C4)o2)CC1. The van der Waals surface area contributed by atoms with Crippen molar-refractivity contribution in [1.29, 1.82) is 0 Å². The molecule has 0 unspecified atom stereocenters. The molecule has 6 rings (SSSR count). The third kappa shape index (κ3) is 2.92. The van der Waals surface area contributed by atoms with Gasteiger partial charge in [-0.1, -0.05) is 18.2 Å². The van der Waals surface area contributed by atoms with Crippen LogP contribution in [0.5, 0.6) is 0 Å². The van der Waals surface area contributed by atoms with Crippen molar-refractivity contribution in [3.63, 3.8) is 0 Å². The molecule has 132 valence electrons. The highest BCUT2D eigenvalue weighted by molar-refractivity contribution is 7.99. The van der Waals surface area contributed by atoms with Crippen molar-refractivity contribution in [3.8, 4) is 0 Å². The van der Waals surface area contributed by atoms with Gasteiger partial charge in [-0.15, -0.1) is 10.2 Å². The van der Waals surface area contributed by atoms with E-state index < -0.39 is 0 Å². The normalized spacial score (nSPS) is 38.8. The van der Waals surface area contributed by atoms with Gasteiger partial charge < -0.3 is 9.32 Å². The second-order valence-electron chi connectivity index (χ2n) is 8.82. The van der Waals surface area contributed by atoms with Crippen molar-refractivity contribution in [1.82, 2.24) is 15.1 Å². The first-order chi connectivity index (χ1) is 11.8. The third-order valence-electron chi connectivity index (χ3n) is 6.98. The minimum atomic E-state index is 0.243. The topological polar surface area (TPSA) is 42.2 Å². The number of likely N-dealkylation sites (tertiary alicyclic amines) is 1. The maximum Gasteiger partial charge on any atom is 0.276 e. The minimum Gasteiger partial charge on any atom is -0.415 e. The van der Waals surface area contributed by atoms with Crippen LogP contribution in [0.2, 0.25) is 0 Å². The lowest BCUT2D eigenvalue weighted by atomic mass is 9.49. The van der Waals surface area contributed by atoms with Crippen LogP contribution < -0.4 is 0 Å². The maximum absolute atomic E-state index is 6.18. The molecule has 0 N–H and O–H groups in total. The summed E-state index contributed by atoms with van der Waals surface area (Å²) in [7, 11) is 0. The van der Waals surface area contributed by atoms with Gasteiger partial charge >= 0.3 is 0 Å². The van der Waals surface area contributed by atoms with Crippen LogP contribution in [-0.2, 0) is 5.41 Å². The first-order valence-corrected chi connectivity index (χ1v) is 11.0. The number of piperidine rings is 1. The van der Waals surface area contributed by atoms with Crippen LogP contribution in [0.4, 0.5) is 0 Å². The zero-order chi connectivity index (χ0) is 16.0. The molecule has 5 heteroatoms. The van der Waals surface area contributed by atoms with Crippen LogP contribution in [0.1, 0.15) is 63.7 Å². The molecule has 2 heterocycles. The largest absolute Gasteiger partial charge is 0.415 e. The van der Waals surface area contributed by atoms with E-state index in [0.29, 0.717) is 0 Å². The van der Waals surface area contributed by atoms with Gasteiger partial charge in [0, 0.05) is 17.7 Å². The summed E-state index contributed by atoms with van der Waals surface area (Å²) < 4.78 is 6.18. The summed E-state index contributed by atoms with van der Waals surface area (Å²) in [5.74, 6) is 4.83. The Morgan fingerprint density at radius 2 is 1.62 bits per heavy atom. The molecule has 0 atom stereocenters. The van der Waals surface area contributed by atoms with Crippen LogP contribution in [0.15, 0.2) is 9.64 Å². The fourth-order valence-electron chi connectivity index (χ4n) is 6.30. The summed E-state index contributed by atoms with van der Waals surface area (Å²) in [6, 6.07) is 0. The summed E-state index contributed by atoms with van der Waals surface area (Å²) in [5.41, 5.74) is 0.243. The molecule has 0 aromatic carbocycles. The lowest BCUT2D eigenvalue weighted by Gasteiger charge is -2.55. The molecule has 4 aliphatic carbocycles. The van der Waals surface area contributed by atoms with E-state index in [9.17, 15) is 0 Å². The van der Waals surface area contributed by atoms with Gasteiger partial charge in [-0.05, 0) is 82.2 Å². The quantitative estimate of drug-likeness (QED) is 0.750. The summed E-state index contributed by atoms with van der Waals surface area (Å²) in [4.78, 5) is 2.58. The van der Waals surface area contributed by atoms with E-state index in [2.05, 4.69) is 15.1 Å². The summed E-state index contributed by atoms with van der Waals surface area (Å²) in [6.07, 6.45) is 12.4. The van der Waals surface area contributed by atoms with Crippen molar-refractivity contribution < 1.29 is 4.42 Å². The van der Waals surface area contributed by atoms with Crippen LogP contribution in [-0.4, -0.2) is 40.5 Å². The Morgan fingerprint density at radius 1 is 0.958 bits per heavy atom. The second-order valence-corrected chi connectivity index (χ2v) is 9.87. The van der Waals surface area contributed by atoms with Gasteiger partial charge in [-0.25, -0.2) is 0 Å². The van der Waals surface area contributed by atoms with E-state index in [1.165, 1.54) is 70.9 Å². The highest BCUT2D eigenvalue weighted by Gasteiger charge is 2.54. The van der Waals surface area contributed by atoms with Crippen LogP contribution in [0.3, 0.4) is 0 Å². The third-order valence-corrected chi connectivity index (χ3v) is 7.78. The lowest BCUT2D eigenvalue weighted by molar-refractivity contribution is -0.0191. The van der Waals surface area contributed by atoms with E-state index in [1.807, 2.05) is 0 Å². The average Bonchev–Trinajstić information content (AvgIpc) is 3.04. The molecule has 1 saturated heterocycles. The molecule has 5 fully saturated rings. The number of thioether (sulfide) groups is 1. The molecule has 4 saturated carbocycles. The molecule has 0 amide bonds. The van der Waals surface area contributed by atoms with Crippen molar-refractivity contribution in [2.24, 2.45) is 17.8 Å². The van der Waals surface area contributed by atoms with Crippen molar-refractivity contribution >= 4 is 11.8 Å². The fourth-order valence-corrected chi connectivity index (χ4v) is 7.06. The zero-order valence-electron chi connectivity index (χ0n) is 14.6. The number of hydrogen-bond acceptors (Lipinski definition) is 5. The van der Waals surface area contributed by atoms with Gasteiger partial charge in [0.15, 0.2) is 0 Å². The molecule has 0 spiro atoms. The van der Waals surface area contributed by atoms with E-state index in [0.717, 1.165) is 41.2 Å². The van der Waals surface area contributed by atoms with Crippen molar-refractivity contribution in [2.75, 3.05) is 25.4 Å². The van der Waals surface area contributed by atoms with E-state index in [-0.39, 0.29) is 5.41 Å². The van der Waals surface area contributed by atoms with Gasteiger partial charge in [-0.3, -0.25) is 0 Å². The van der Waals surface area contributed by atoms with E-state index in [4.69, 9.17) is 4.42 Å². The Morgan fingerprint density at radius 3 is 2.29 bits per heavy atom. The van der Waals surface area contributed by atoms with Crippen molar-refractivity contribution in [2.45, 2.75) is 68.4 Å². The van der Waals surface area contributed by atoms with Gasteiger partial charge in [-0.2, -0.15) is 0 Å². The Kier molecular flexibility index (Phi) is 4.13. The smallest absolute Gasteiger partial charge is 0.276 e. The second kappa shape index (κ2) is 6.31. The Balaban J connectivity index is 1.21. The van der Waals surface area contributed by atoms with Crippen LogP contribution >= 0.6 is 11.8 Å². The molecule has 0 radical (unpaired) electrons. The van der Waals surface area contributed by atoms with Crippen molar-refractivity contribution in [3.05, 3.63) is 5.89 Å². The maximum atomic E-state index is 6.18. The average molecular weight is 348 g/mol. The first-order valence-electron chi connectivity index (χ1n) is 9.98. The van der Waals surface area contributed by atoms with E-state index in [1.54, 1.807) is 11.8 Å². The molecule has 1 aromatic heterocycles. The summed E-state index contributed by atoms with van der Waals surface area (Å²) in [5, 5.41) is 9.71. The lowest BCUT2D eigenvalue weighted by Crippen LogP contribution is -2.48. The van der Waals surface area contributed by atoms with Crippen LogP contribution in [0, 0.1) is 17.8 Å².